The van der Waals surface area contributed by atoms with E-state index < -0.39 is 23.6 Å². The zero-order valence-electron chi connectivity index (χ0n) is 12.9. The van der Waals surface area contributed by atoms with Crippen molar-refractivity contribution in [1.82, 2.24) is 5.32 Å². The summed E-state index contributed by atoms with van der Waals surface area (Å²) < 4.78 is 37.7. The van der Waals surface area contributed by atoms with Crippen LogP contribution in [0.2, 0.25) is 0 Å². The van der Waals surface area contributed by atoms with Crippen LogP contribution in [0.3, 0.4) is 0 Å². The SMILES string of the molecule is C#CCNC(=O)c1ccccc1NC(=O)c1ccc(C(F)(F)F)cc1. The maximum absolute atomic E-state index is 12.6. The number of anilines is 1. The maximum atomic E-state index is 12.6. The van der Waals surface area contributed by atoms with Crippen LogP contribution in [0.5, 0.6) is 0 Å². The number of nitrogens with one attached hydrogen (secondary N) is 2. The minimum atomic E-state index is -4.48. The summed E-state index contributed by atoms with van der Waals surface area (Å²) in [6.45, 7) is 0.0278. The highest BCUT2D eigenvalue weighted by Crippen LogP contribution is 2.29. The Hall–Kier alpha value is -3.27. The average molecular weight is 346 g/mol. The summed E-state index contributed by atoms with van der Waals surface area (Å²) in [6, 6.07) is 10.00. The Morgan fingerprint density at radius 1 is 1.00 bits per heavy atom. The molecule has 0 atom stereocenters. The monoisotopic (exact) mass is 346 g/mol. The lowest BCUT2D eigenvalue weighted by Gasteiger charge is -2.11. The number of hydrogen-bond donors (Lipinski definition) is 2. The molecule has 7 heteroatoms. The second kappa shape index (κ2) is 7.53. The number of amides is 2. The Labute approximate surface area is 142 Å². The van der Waals surface area contributed by atoms with Gasteiger partial charge >= 0.3 is 6.18 Å². The number of carbonyl (C=O) groups is 2. The molecule has 2 N–H and O–H groups in total. The normalized spacial score (nSPS) is 10.6. The van der Waals surface area contributed by atoms with E-state index in [0.717, 1.165) is 24.3 Å². The predicted molar refractivity (Wildman–Crippen MR) is 87.0 cm³/mol. The first-order chi connectivity index (χ1) is 11.8. The standard InChI is InChI=1S/C18H13F3N2O2/c1-2-11-22-17(25)14-5-3-4-6-15(14)23-16(24)12-7-9-13(10-8-12)18(19,20)21/h1,3-10H,11H2,(H,22,25)(H,23,24). The molecule has 0 aliphatic carbocycles. The van der Waals surface area contributed by atoms with Gasteiger partial charge in [-0.1, -0.05) is 18.1 Å². The van der Waals surface area contributed by atoms with Gasteiger partial charge in [-0.25, -0.2) is 0 Å². The molecule has 0 fully saturated rings. The smallest absolute Gasteiger partial charge is 0.341 e. The number of carbonyl (C=O) groups excluding carboxylic acids is 2. The van der Waals surface area contributed by atoms with E-state index >= 15 is 0 Å². The van der Waals surface area contributed by atoms with Gasteiger partial charge in [-0.05, 0) is 36.4 Å². The zero-order valence-corrected chi connectivity index (χ0v) is 12.9. The molecule has 2 aromatic carbocycles. The van der Waals surface area contributed by atoms with E-state index in [0.29, 0.717) is 0 Å². The van der Waals surface area contributed by atoms with Gasteiger partial charge in [0.05, 0.1) is 23.4 Å². The van der Waals surface area contributed by atoms with Crippen molar-refractivity contribution in [3.63, 3.8) is 0 Å². The summed E-state index contributed by atoms with van der Waals surface area (Å²) in [4.78, 5) is 24.2. The van der Waals surface area contributed by atoms with Crippen molar-refractivity contribution in [2.24, 2.45) is 0 Å². The lowest BCUT2D eigenvalue weighted by Crippen LogP contribution is -2.25. The second-order valence-corrected chi connectivity index (χ2v) is 4.96. The number of alkyl halides is 3. The van der Waals surface area contributed by atoms with E-state index in [4.69, 9.17) is 6.42 Å². The van der Waals surface area contributed by atoms with Crippen LogP contribution < -0.4 is 10.6 Å². The third-order valence-corrected chi connectivity index (χ3v) is 3.25. The second-order valence-electron chi connectivity index (χ2n) is 4.96. The number of para-hydroxylation sites is 1. The van der Waals surface area contributed by atoms with Crippen molar-refractivity contribution in [3.05, 3.63) is 65.2 Å². The van der Waals surface area contributed by atoms with Crippen molar-refractivity contribution >= 4 is 17.5 Å². The molecular formula is C18H13F3N2O2. The molecule has 128 valence electrons. The lowest BCUT2D eigenvalue weighted by atomic mass is 10.1. The first-order valence-electron chi connectivity index (χ1n) is 7.12. The molecule has 25 heavy (non-hydrogen) atoms. The molecule has 0 aromatic heterocycles. The number of benzene rings is 2. The number of rotatable bonds is 4. The van der Waals surface area contributed by atoms with E-state index in [-0.39, 0.29) is 23.4 Å². The highest BCUT2D eigenvalue weighted by atomic mass is 19.4. The van der Waals surface area contributed by atoms with Gasteiger partial charge in [0.25, 0.3) is 11.8 Å². The van der Waals surface area contributed by atoms with E-state index in [2.05, 4.69) is 16.6 Å². The number of terminal acetylenes is 1. The first kappa shape index (κ1) is 18.1. The van der Waals surface area contributed by atoms with Gasteiger partial charge in [0, 0.05) is 5.56 Å². The Morgan fingerprint density at radius 3 is 2.24 bits per heavy atom. The Bertz CT molecular complexity index is 821. The zero-order chi connectivity index (χ0) is 18.4. The van der Waals surface area contributed by atoms with Crippen molar-refractivity contribution in [2.45, 2.75) is 6.18 Å². The third kappa shape index (κ3) is 4.61. The molecule has 0 aliphatic rings. The van der Waals surface area contributed by atoms with Crippen LogP contribution in [0, 0.1) is 12.3 Å². The van der Waals surface area contributed by atoms with Gasteiger partial charge in [-0.15, -0.1) is 6.42 Å². The fraction of sp³-hybridized carbons (Fsp3) is 0.111. The molecule has 0 radical (unpaired) electrons. The summed E-state index contributed by atoms with van der Waals surface area (Å²) in [5.74, 6) is 1.16. The lowest BCUT2D eigenvalue weighted by molar-refractivity contribution is -0.137. The van der Waals surface area contributed by atoms with E-state index in [1.807, 2.05) is 0 Å². The highest BCUT2D eigenvalue weighted by molar-refractivity contribution is 6.09. The number of hydrogen-bond acceptors (Lipinski definition) is 2. The summed E-state index contributed by atoms with van der Waals surface area (Å²) >= 11 is 0. The summed E-state index contributed by atoms with van der Waals surface area (Å²) in [7, 11) is 0. The summed E-state index contributed by atoms with van der Waals surface area (Å²) in [5, 5.41) is 4.98. The largest absolute Gasteiger partial charge is 0.416 e. The Kier molecular flexibility index (Phi) is 5.45. The third-order valence-electron chi connectivity index (χ3n) is 3.25. The fourth-order valence-electron chi connectivity index (χ4n) is 2.02. The van der Waals surface area contributed by atoms with Gasteiger partial charge in [0.1, 0.15) is 0 Å². The van der Waals surface area contributed by atoms with Crippen LogP contribution in [0.1, 0.15) is 26.3 Å². The van der Waals surface area contributed by atoms with Crippen molar-refractivity contribution in [3.8, 4) is 12.3 Å². The average Bonchev–Trinajstić information content (AvgIpc) is 2.59. The fourth-order valence-corrected chi connectivity index (χ4v) is 2.02. The molecule has 0 unspecified atom stereocenters. The van der Waals surface area contributed by atoms with Crippen LogP contribution >= 0.6 is 0 Å². The molecule has 0 aliphatic heterocycles. The number of halogens is 3. The van der Waals surface area contributed by atoms with Crippen LogP contribution in [0.15, 0.2) is 48.5 Å². The van der Waals surface area contributed by atoms with Gasteiger partial charge in [0.15, 0.2) is 0 Å². The molecule has 2 amide bonds. The van der Waals surface area contributed by atoms with E-state index in [1.165, 1.54) is 12.1 Å². The minimum absolute atomic E-state index is 0.0278. The minimum Gasteiger partial charge on any atom is -0.341 e. The van der Waals surface area contributed by atoms with Crippen molar-refractivity contribution in [2.75, 3.05) is 11.9 Å². The Morgan fingerprint density at radius 2 is 1.64 bits per heavy atom. The van der Waals surface area contributed by atoms with Gasteiger partial charge in [-0.2, -0.15) is 13.2 Å². The maximum Gasteiger partial charge on any atom is 0.416 e. The molecule has 2 aromatic rings. The predicted octanol–water partition coefficient (Wildman–Crippen LogP) is 3.32. The van der Waals surface area contributed by atoms with Gasteiger partial charge in [-0.3, -0.25) is 9.59 Å². The molecule has 0 heterocycles. The van der Waals surface area contributed by atoms with E-state index in [1.54, 1.807) is 12.1 Å². The van der Waals surface area contributed by atoms with E-state index in [9.17, 15) is 22.8 Å². The topological polar surface area (TPSA) is 58.2 Å². The van der Waals surface area contributed by atoms with Gasteiger partial charge in [0.2, 0.25) is 0 Å². The molecule has 0 saturated heterocycles. The van der Waals surface area contributed by atoms with Crippen molar-refractivity contribution in [1.29, 1.82) is 0 Å². The molecule has 2 rings (SSSR count). The van der Waals surface area contributed by atoms with Gasteiger partial charge < -0.3 is 10.6 Å². The highest BCUT2D eigenvalue weighted by Gasteiger charge is 2.30. The molecule has 0 saturated carbocycles. The quantitative estimate of drug-likeness (QED) is 0.835. The van der Waals surface area contributed by atoms with Crippen LogP contribution in [-0.4, -0.2) is 18.4 Å². The summed E-state index contributed by atoms with van der Waals surface area (Å²) in [6.07, 6.45) is 0.602. The van der Waals surface area contributed by atoms with Crippen LogP contribution in [0.4, 0.5) is 18.9 Å². The molecule has 4 nitrogen and oxygen atoms in total. The van der Waals surface area contributed by atoms with Crippen molar-refractivity contribution < 1.29 is 22.8 Å². The Balaban J connectivity index is 2.18. The molecule has 0 spiro atoms. The molecular weight excluding hydrogens is 333 g/mol. The first-order valence-corrected chi connectivity index (χ1v) is 7.12. The summed E-state index contributed by atoms with van der Waals surface area (Å²) in [5.41, 5.74) is -0.398. The van der Waals surface area contributed by atoms with Crippen LogP contribution in [-0.2, 0) is 6.18 Å². The van der Waals surface area contributed by atoms with Crippen LogP contribution in [0.25, 0.3) is 0 Å². The molecule has 0 bridgehead atoms.